The van der Waals surface area contributed by atoms with E-state index < -0.39 is 0 Å². The van der Waals surface area contributed by atoms with Gasteiger partial charge >= 0.3 is 0 Å². The number of nitrogens with one attached hydrogen (secondary N) is 2. The van der Waals surface area contributed by atoms with Crippen molar-refractivity contribution in [2.24, 2.45) is 5.92 Å². The molecule has 0 aliphatic carbocycles. The molecule has 21 heavy (non-hydrogen) atoms. The van der Waals surface area contributed by atoms with Crippen LogP contribution in [0.2, 0.25) is 0 Å². The van der Waals surface area contributed by atoms with Crippen LogP contribution in [-0.2, 0) is 4.79 Å². The predicted molar refractivity (Wildman–Crippen MR) is 88.8 cm³/mol. The van der Waals surface area contributed by atoms with Crippen LogP contribution in [0, 0.1) is 5.92 Å². The van der Waals surface area contributed by atoms with Crippen LogP contribution < -0.4 is 15.5 Å². The lowest BCUT2D eigenvalue weighted by molar-refractivity contribution is -0.120. The van der Waals surface area contributed by atoms with Crippen LogP contribution >= 0.6 is 0 Å². The number of amides is 1. The Morgan fingerprint density at radius 1 is 1.38 bits per heavy atom. The molecule has 0 saturated carbocycles. The molecule has 1 atom stereocenters. The van der Waals surface area contributed by atoms with E-state index in [2.05, 4.69) is 48.4 Å². The highest BCUT2D eigenvalue weighted by molar-refractivity contribution is 5.92. The summed E-state index contributed by atoms with van der Waals surface area (Å²) in [5.74, 6) is 0.229. The average molecular weight is 289 g/mol. The lowest BCUT2D eigenvalue weighted by atomic mass is 9.99. The Bertz CT molecular complexity index is 450. The van der Waals surface area contributed by atoms with Gasteiger partial charge < -0.3 is 15.5 Å². The molecule has 0 unspecified atom stereocenters. The molecule has 4 nitrogen and oxygen atoms in total. The highest BCUT2D eigenvalue weighted by Gasteiger charge is 2.20. The zero-order valence-corrected chi connectivity index (χ0v) is 13.4. The van der Waals surface area contributed by atoms with Gasteiger partial charge in [0.05, 0.1) is 5.92 Å². The van der Waals surface area contributed by atoms with Crippen molar-refractivity contribution in [2.45, 2.75) is 39.7 Å². The van der Waals surface area contributed by atoms with Crippen LogP contribution in [-0.4, -0.2) is 31.6 Å². The van der Waals surface area contributed by atoms with E-state index >= 15 is 0 Å². The third-order valence-electron chi connectivity index (χ3n) is 4.10. The Kier molecular flexibility index (Phi) is 5.62. The fourth-order valence-electron chi connectivity index (χ4n) is 2.90. The zero-order valence-electron chi connectivity index (χ0n) is 13.4. The van der Waals surface area contributed by atoms with E-state index in [-0.39, 0.29) is 11.8 Å². The minimum atomic E-state index is 0.0984. The molecular weight excluding hydrogens is 262 g/mol. The normalized spacial score (nSPS) is 18.6. The van der Waals surface area contributed by atoms with E-state index in [0.29, 0.717) is 6.04 Å². The summed E-state index contributed by atoms with van der Waals surface area (Å²) < 4.78 is 0. The smallest absolute Gasteiger partial charge is 0.228 e. The Morgan fingerprint density at radius 3 is 2.62 bits per heavy atom. The van der Waals surface area contributed by atoms with Gasteiger partial charge in [0.2, 0.25) is 5.91 Å². The molecule has 1 amide bonds. The largest absolute Gasteiger partial charge is 0.369 e. The van der Waals surface area contributed by atoms with Gasteiger partial charge in [-0.15, -0.1) is 0 Å². The molecule has 1 aliphatic rings. The fraction of sp³-hybridized carbons (Fsp3) is 0.588. The first kappa shape index (κ1) is 15.8. The summed E-state index contributed by atoms with van der Waals surface area (Å²) >= 11 is 0. The molecule has 1 aliphatic heterocycles. The highest BCUT2D eigenvalue weighted by Crippen LogP contribution is 2.21. The standard InChI is InChI=1S/C17H27N3O/c1-4-20(13(2)3)16-9-7-15(8-10-16)19-17(21)14-6-5-11-18-12-14/h7-10,13-14,18H,4-6,11-12H2,1-3H3,(H,19,21)/t14-/m1/s1. The Balaban J connectivity index is 1.97. The molecule has 1 aromatic carbocycles. The van der Waals surface area contributed by atoms with Crippen LogP contribution in [0.3, 0.4) is 0 Å². The number of carbonyl (C=O) groups is 1. The van der Waals surface area contributed by atoms with E-state index in [0.717, 1.165) is 38.2 Å². The summed E-state index contributed by atoms with van der Waals surface area (Å²) in [6, 6.07) is 8.63. The van der Waals surface area contributed by atoms with Crippen molar-refractivity contribution in [1.29, 1.82) is 0 Å². The topological polar surface area (TPSA) is 44.4 Å². The van der Waals surface area contributed by atoms with Crippen molar-refractivity contribution < 1.29 is 4.79 Å². The van der Waals surface area contributed by atoms with Gasteiger partial charge in [0.15, 0.2) is 0 Å². The molecule has 2 N–H and O–H groups in total. The maximum Gasteiger partial charge on any atom is 0.228 e. The van der Waals surface area contributed by atoms with Crippen molar-refractivity contribution in [1.82, 2.24) is 5.32 Å². The third-order valence-corrected chi connectivity index (χ3v) is 4.10. The minimum Gasteiger partial charge on any atom is -0.369 e. The first-order valence-corrected chi connectivity index (χ1v) is 8.00. The predicted octanol–water partition coefficient (Wildman–Crippen LogP) is 2.86. The van der Waals surface area contributed by atoms with Gasteiger partial charge in [0.1, 0.15) is 0 Å². The Morgan fingerprint density at radius 2 is 2.10 bits per heavy atom. The monoisotopic (exact) mass is 289 g/mol. The molecule has 1 aromatic rings. The summed E-state index contributed by atoms with van der Waals surface area (Å²) in [5.41, 5.74) is 2.08. The fourth-order valence-corrected chi connectivity index (χ4v) is 2.90. The Labute approximate surface area is 127 Å². The average Bonchev–Trinajstić information content (AvgIpc) is 2.50. The highest BCUT2D eigenvalue weighted by atomic mass is 16.1. The zero-order chi connectivity index (χ0) is 15.2. The number of anilines is 2. The quantitative estimate of drug-likeness (QED) is 0.876. The molecule has 0 aromatic heterocycles. The number of rotatable bonds is 5. The van der Waals surface area contributed by atoms with Crippen molar-refractivity contribution in [3.05, 3.63) is 24.3 Å². The summed E-state index contributed by atoms with van der Waals surface area (Å²) in [7, 11) is 0. The maximum atomic E-state index is 12.2. The second-order valence-electron chi connectivity index (χ2n) is 5.96. The summed E-state index contributed by atoms with van der Waals surface area (Å²) in [6.45, 7) is 9.34. The van der Waals surface area contributed by atoms with E-state index in [1.807, 2.05) is 12.1 Å². The molecule has 116 valence electrons. The van der Waals surface area contributed by atoms with Crippen LogP contribution in [0.5, 0.6) is 0 Å². The molecule has 4 heteroatoms. The summed E-state index contributed by atoms with van der Waals surface area (Å²) in [6.07, 6.45) is 2.06. The molecule has 0 spiro atoms. The van der Waals surface area contributed by atoms with Crippen molar-refractivity contribution in [2.75, 3.05) is 29.9 Å². The molecule has 0 bridgehead atoms. The van der Waals surface area contributed by atoms with Gasteiger partial charge in [-0.2, -0.15) is 0 Å². The third kappa shape index (κ3) is 4.21. The number of carbonyl (C=O) groups excluding carboxylic acids is 1. The number of hydrogen-bond acceptors (Lipinski definition) is 3. The molecular formula is C17H27N3O. The van der Waals surface area contributed by atoms with E-state index in [4.69, 9.17) is 0 Å². The van der Waals surface area contributed by atoms with Gasteiger partial charge in [-0.3, -0.25) is 4.79 Å². The second kappa shape index (κ2) is 7.46. The molecule has 2 rings (SSSR count). The van der Waals surface area contributed by atoms with Gasteiger partial charge in [0.25, 0.3) is 0 Å². The van der Waals surface area contributed by atoms with Crippen LogP contribution in [0.15, 0.2) is 24.3 Å². The van der Waals surface area contributed by atoms with Crippen molar-refractivity contribution in [3.8, 4) is 0 Å². The van der Waals surface area contributed by atoms with E-state index in [9.17, 15) is 4.79 Å². The maximum absolute atomic E-state index is 12.2. The van der Waals surface area contributed by atoms with E-state index in [1.54, 1.807) is 0 Å². The lowest BCUT2D eigenvalue weighted by Crippen LogP contribution is -2.37. The molecule has 1 fully saturated rings. The molecule has 0 radical (unpaired) electrons. The first-order valence-electron chi connectivity index (χ1n) is 8.00. The van der Waals surface area contributed by atoms with E-state index in [1.165, 1.54) is 5.69 Å². The second-order valence-corrected chi connectivity index (χ2v) is 5.96. The first-order chi connectivity index (χ1) is 10.1. The van der Waals surface area contributed by atoms with Gasteiger partial charge in [-0.25, -0.2) is 0 Å². The van der Waals surface area contributed by atoms with Crippen molar-refractivity contribution >= 4 is 17.3 Å². The number of piperidine rings is 1. The van der Waals surface area contributed by atoms with Gasteiger partial charge in [-0.05, 0) is 64.4 Å². The number of benzene rings is 1. The van der Waals surface area contributed by atoms with Crippen molar-refractivity contribution in [3.63, 3.8) is 0 Å². The number of nitrogens with zero attached hydrogens (tertiary/aromatic N) is 1. The summed E-state index contributed by atoms with van der Waals surface area (Å²) in [5, 5.41) is 6.31. The van der Waals surface area contributed by atoms with Crippen LogP contribution in [0.25, 0.3) is 0 Å². The van der Waals surface area contributed by atoms with Crippen LogP contribution in [0.4, 0.5) is 11.4 Å². The lowest BCUT2D eigenvalue weighted by Gasteiger charge is -2.27. The van der Waals surface area contributed by atoms with Crippen LogP contribution in [0.1, 0.15) is 33.6 Å². The molecule has 1 saturated heterocycles. The minimum absolute atomic E-state index is 0.0984. The van der Waals surface area contributed by atoms with Gasteiger partial charge in [0, 0.05) is 30.5 Å². The molecule has 1 heterocycles. The van der Waals surface area contributed by atoms with Gasteiger partial charge in [-0.1, -0.05) is 0 Å². The number of hydrogen-bond donors (Lipinski definition) is 2. The Hall–Kier alpha value is -1.55. The SMILES string of the molecule is CCN(c1ccc(NC(=O)[C@@H]2CCCNC2)cc1)C(C)C. The summed E-state index contributed by atoms with van der Waals surface area (Å²) in [4.78, 5) is 14.5.